The lowest BCUT2D eigenvalue weighted by Gasteiger charge is -2.18. The summed E-state index contributed by atoms with van der Waals surface area (Å²) in [7, 11) is 0. The van der Waals surface area contributed by atoms with Crippen LogP contribution >= 0.6 is 0 Å². The second kappa shape index (κ2) is 61.9. The normalized spacial score (nSPS) is 12.7. The maximum Gasteiger partial charge on any atom is 0.306 e. The van der Waals surface area contributed by atoms with Gasteiger partial charge in [-0.25, -0.2) is 0 Å². The minimum atomic E-state index is -0.808. The SMILES string of the molecule is CC/C=C\C/C=C\C/C=C\C/C=C\C/C=C\CCCC(=O)OCC(COC(=O)CCCCCCCCCCCCCCCCCCCCCC)OC(=O)CCCCCCCC/C=C\C/C=C\C/C=C\CCCCC. The molecule has 0 N–H and O–H groups in total. The Morgan fingerprint density at radius 2 is 0.541 bits per heavy atom. The molecular formula is C68H116O6. The lowest BCUT2D eigenvalue weighted by Crippen LogP contribution is -2.30. The number of carbonyl (C=O) groups is 3. The van der Waals surface area contributed by atoms with Gasteiger partial charge in [0.25, 0.3) is 0 Å². The highest BCUT2D eigenvalue weighted by atomic mass is 16.6. The molecule has 74 heavy (non-hydrogen) atoms. The van der Waals surface area contributed by atoms with Gasteiger partial charge in [0.1, 0.15) is 13.2 Å². The summed E-state index contributed by atoms with van der Waals surface area (Å²) in [4.78, 5) is 38.3. The lowest BCUT2D eigenvalue weighted by atomic mass is 10.0. The van der Waals surface area contributed by atoms with Crippen molar-refractivity contribution >= 4 is 17.9 Å². The summed E-state index contributed by atoms with van der Waals surface area (Å²) < 4.78 is 16.9. The summed E-state index contributed by atoms with van der Waals surface area (Å²) in [5, 5.41) is 0. The van der Waals surface area contributed by atoms with E-state index in [1.165, 1.54) is 148 Å². The van der Waals surface area contributed by atoms with Crippen LogP contribution in [-0.2, 0) is 28.6 Å². The number of rotatable bonds is 56. The van der Waals surface area contributed by atoms with E-state index >= 15 is 0 Å². The van der Waals surface area contributed by atoms with Crippen molar-refractivity contribution in [1.29, 1.82) is 0 Å². The van der Waals surface area contributed by atoms with Gasteiger partial charge in [0.15, 0.2) is 6.10 Å². The molecule has 424 valence electrons. The molecule has 0 aliphatic rings. The number of unbranched alkanes of at least 4 members (excludes halogenated alkanes) is 29. The summed E-state index contributed by atoms with van der Waals surface area (Å²) in [5.41, 5.74) is 0. The van der Waals surface area contributed by atoms with E-state index in [0.29, 0.717) is 19.3 Å². The zero-order chi connectivity index (χ0) is 53.6. The third kappa shape index (κ3) is 59.2. The van der Waals surface area contributed by atoms with Gasteiger partial charge < -0.3 is 14.2 Å². The van der Waals surface area contributed by atoms with Crippen LogP contribution < -0.4 is 0 Å². The number of esters is 3. The maximum absolute atomic E-state index is 12.9. The van der Waals surface area contributed by atoms with Crippen molar-refractivity contribution in [2.24, 2.45) is 0 Å². The predicted octanol–water partition coefficient (Wildman–Crippen LogP) is 21.3. The molecule has 0 bridgehead atoms. The van der Waals surface area contributed by atoms with E-state index in [1.807, 2.05) is 0 Å². The van der Waals surface area contributed by atoms with E-state index in [1.54, 1.807) is 0 Å². The van der Waals surface area contributed by atoms with E-state index in [2.05, 4.69) is 118 Å². The van der Waals surface area contributed by atoms with Gasteiger partial charge in [-0.05, 0) is 96.3 Å². The first-order valence-electron chi connectivity index (χ1n) is 31.2. The highest BCUT2D eigenvalue weighted by Gasteiger charge is 2.19. The summed E-state index contributed by atoms with van der Waals surface area (Å²) in [6.07, 6.45) is 82.7. The van der Waals surface area contributed by atoms with E-state index in [4.69, 9.17) is 14.2 Å². The van der Waals surface area contributed by atoms with Crippen LogP contribution in [0.1, 0.15) is 297 Å². The van der Waals surface area contributed by atoms with Gasteiger partial charge in [-0.3, -0.25) is 14.4 Å². The molecule has 0 aliphatic carbocycles. The number of hydrogen-bond donors (Lipinski definition) is 0. The third-order valence-electron chi connectivity index (χ3n) is 13.3. The number of allylic oxidation sites excluding steroid dienone is 16. The summed E-state index contributed by atoms with van der Waals surface area (Å²) >= 11 is 0. The fraction of sp³-hybridized carbons (Fsp3) is 0.721. The van der Waals surface area contributed by atoms with Crippen molar-refractivity contribution in [2.75, 3.05) is 13.2 Å². The minimum Gasteiger partial charge on any atom is -0.462 e. The van der Waals surface area contributed by atoms with Crippen LogP contribution in [-0.4, -0.2) is 37.2 Å². The van der Waals surface area contributed by atoms with Gasteiger partial charge in [-0.15, -0.1) is 0 Å². The van der Waals surface area contributed by atoms with Crippen molar-refractivity contribution < 1.29 is 28.6 Å². The van der Waals surface area contributed by atoms with Gasteiger partial charge in [0, 0.05) is 19.3 Å². The summed E-state index contributed by atoms with van der Waals surface area (Å²) in [6, 6.07) is 0. The Labute approximate surface area is 457 Å². The summed E-state index contributed by atoms with van der Waals surface area (Å²) in [6.45, 7) is 6.47. The highest BCUT2D eigenvalue weighted by Crippen LogP contribution is 2.16. The quantitative estimate of drug-likeness (QED) is 0.0261. The highest BCUT2D eigenvalue weighted by molar-refractivity contribution is 5.71. The molecule has 0 saturated carbocycles. The van der Waals surface area contributed by atoms with Crippen molar-refractivity contribution in [3.8, 4) is 0 Å². The number of carbonyl (C=O) groups excluding carboxylic acids is 3. The minimum absolute atomic E-state index is 0.0989. The molecule has 1 atom stereocenters. The first kappa shape index (κ1) is 70.3. The van der Waals surface area contributed by atoms with Crippen LogP contribution in [0.3, 0.4) is 0 Å². The molecule has 0 radical (unpaired) electrons. The van der Waals surface area contributed by atoms with Crippen LogP contribution in [0.5, 0.6) is 0 Å². The van der Waals surface area contributed by atoms with Gasteiger partial charge in [0.05, 0.1) is 0 Å². The Balaban J connectivity index is 4.46. The van der Waals surface area contributed by atoms with Crippen LogP contribution in [0.25, 0.3) is 0 Å². The smallest absolute Gasteiger partial charge is 0.306 e. The first-order chi connectivity index (χ1) is 36.5. The third-order valence-corrected chi connectivity index (χ3v) is 13.3. The Kier molecular flexibility index (Phi) is 58.8. The largest absolute Gasteiger partial charge is 0.462 e. The van der Waals surface area contributed by atoms with Crippen LogP contribution in [0.15, 0.2) is 97.2 Å². The van der Waals surface area contributed by atoms with Crippen molar-refractivity contribution in [1.82, 2.24) is 0 Å². The molecule has 0 aromatic rings. The summed E-state index contributed by atoms with van der Waals surface area (Å²) in [5.74, 6) is -0.963. The fourth-order valence-electron chi connectivity index (χ4n) is 8.66. The standard InChI is InChI=1S/C68H116O6/c1-4-7-10-13-16-19-22-25-28-31-33-35-37-40-43-46-49-52-55-58-61-67(70)73-64-65(63-72-66(69)60-57-54-51-48-45-42-39-36-30-27-24-21-18-15-12-9-6-3)74-68(71)62-59-56-53-50-47-44-41-38-34-32-29-26-23-20-17-14-11-8-5-2/h9,12,17-18,20-21,26-27,29-30,34,38-39,42,48,51,65H,4-8,10-11,13-16,19,22-25,28,31-33,35-37,40-41,43-47,49-50,52-64H2,1-3H3/b12-9-,20-17-,21-18-,29-26-,30-27-,38-34-,42-39-,51-48-. The van der Waals surface area contributed by atoms with Crippen LogP contribution in [0.2, 0.25) is 0 Å². The average Bonchev–Trinajstić information content (AvgIpc) is 3.40. The molecule has 0 aromatic carbocycles. The number of hydrogen-bond acceptors (Lipinski definition) is 6. The van der Waals surface area contributed by atoms with Gasteiger partial charge in [0.2, 0.25) is 0 Å². The average molecular weight is 1030 g/mol. The van der Waals surface area contributed by atoms with Crippen molar-refractivity contribution in [3.05, 3.63) is 97.2 Å². The number of ether oxygens (including phenoxy) is 3. The Morgan fingerprint density at radius 3 is 0.905 bits per heavy atom. The molecule has 0 amide bonds. The van der Waals surface area contributed by atoms with Gasteiger partial charge in [-0.2, -0.15) is 0 Å². The Hall–Kier alpha value is -3.67. The zero-order valence-electron chi connectivity index (χ0n) is 48.6. The molecule has 0 aliphatic heterocycles. The molecular weight excluding hydrogens is 913 g/mol. The van der Waals surface area contributed by atoms with Crippen LogP contribution in [0, 0.1) is 0 Å². The Bertz CT molecular complexity index is 1460. The van der Waals surface area contributed by atoms with Crippen molar-refractivity contribution in [2.45, 2.75) is 303 Å². The molecule has 0 aromatic heterocycles. The molecule has 6 nitrogen and oxygen atoms in total. The fourth-order valence-corrected chi connectivity index (χ4v) is 8.66. The van der Waals surface area contributed by atoms with E-state index in [0.717, 1.165) is 103 Å². The molecule has 1 unspecified atom stereocenters. The predicted molar refractivity (Wildman–Crippen MR) is 320 cm³/mol. The van der Waals surface area contributed by atoms with Gasteiger partial charge in [-0.1, -0.05) is 279 Å². The molecule has 6 heteroatoms. The van der Waals surface area contributed by atoms with E-state index < -0.39 is 6.10 Å². The second-order valence-electron chi connectivity index (χ2n) is 20.6. The molecule has 0 heterocycles. The first-order valence-corrected chi connectivity index (χ1v) is 31.2. The van der Waals surface area contributed by atoms with E-state index in [-0.39, 0.29) is 37.5 Å². The maximum atomic E-state index is 12.9. The van der Waals surface area contributed by atoms with Gasteiger partial charge >= 0.3 is 17.9 Å². The molecule has 0 saturated heterocycles. The zero-order valence-corrected chi connectivity index (χ0v) is 48.6. The van der Waals surface area contributed by atoms with E-state index in [9.17, 15) is 14.4 Å². The van der Waals surface area contributed by atoms with Crippen molar-refractivity contribution in [3.63, 3.8) is 0 Å². The second-order valence-corrected chi connectivity index (χ2v) is 20.6. The molecule has 0 rings (SSSR count). The van der Waals surface area contributed by atoms with Crippen LogP contribution in [0.4, 0.5) is 0 Å². The lowest BCUT2D eigenvalue weighted by molar-refractivity contribution is -0.167. The topological polar surface area (TPSA) is 78.9 Å². The Morgan fingerprint density at radius 1 is 0.284 bits per heavy atom. The molecule has 0 spiro atoms. The monoisotopic (exact) mass is 1030 g/mol. The molecule has 0 fully saturated rings.